The van der Waals surface area contributed by atoms with E-state index >= 15 is 0 Å². The lowest BCUT2D eigenvalue weighted by Gasteiger charge is -1.92. The normalized spacial score (nSPS) is 9.83. The van der Waals surface area contributed by atoms with Gasteiger partial charge < -0.3 is 4.90 Å². The average Bonchev–Trinajstić information content (AvgIpc) is 2.29. The fraction of sp³-hybridized carbons (Fsp3) is 0.500. The molecule has 0 heterocycles. The second kappa shape index (κ2) is 14.3. The summed E-state index contributed by atoms with van der Waals surface area (Å²) >= 11 is 0. The lowest BCUT2D eigenvalue weighted by atomic mass is 10.1. The van der Waals surface area contributed by atoms with Crippen molar-refractivity contribution in [1.29, 1.82) is 0 Å². The topological polar surface area (TPSA) is 3.24 Å². The van der Waals surface area contributed by atoms with E-state index in [1.807, 2.05) is 26.0 Å². The molecule has 1 aromatic rings. The summed E-state index contributed by atoms with van der Waals surface area (Å²) in [5.41, 5.74) is 1.30. The Balaban J connectivity index is 0. The monoisotopic (exact) mass is 269 g/mol. The molecule has 0 unspecified atom stereocenters. The van der Waals surface area contributed by atoms with Crippen LogP contribution in [0.3, 0.4) is 0 Å². The zero-order valence-electron chi connectivity index (χ0n) is 12.2. The van der Waals surface area contributed by atoms with E-state index in [0.717, 1.165) is 0 Å². The minimum absolute atomic E-state index is 0. The maximum absolute atomic E-state index is 2.27. The number of hydrogen-bond donors (Lipinski definition) is 0. The molecule has 1 nitrogen and oxygen atoms in total. The first-order valence-electron chi connectivity index (χ1n) is 6.49. The third kappa shape index (κ3) is 15.2. The van der Waals surface area contributed by atoms with Crippen molar-refractivity contribution in [2.24, 2.45) is 0 Å². The molecule has 104 valence electrons. The number of hydrogen-bond acceptors (Lipinski definition) is 1. The first kappa shape index (κ1) is 19.5. The van der Waals surface area contributed by atoms with E-state index in [0.29, 0.717) is 0 Å². The predicted octanol–water partition coefficient (Wildman–Crippen LogP) is 4.88. The van der Waals surface area contributed by atoms with Crippen LogP contribution in [0.25, 0.3) is 6.08 Å². The van der Waals surface area contributed by atoms with Gasteiger partial charge in [-0.05, 0) is 39.5 Å². The predicted molar refractivity (Wildman–Crippen MR) is 86.5 cm³/mol. The van der Waals surface area contributed by atoms with Gasteiger partial charge in [-0.2, -0.15) is 0 Å². The smallest absolute Gasteiger partial charge is 0.0140 e. The van der Waals surface area contributed by atoms with Gasteiger partial charge in [0, 0.05) is 0 Å². The summed E-state index contributed by atoms with van der Waals surface area (Å²) in [5, 5.41) is 0. The van der Waals surface area contributed by atoms with Crippen LogP contribution < -0.4 is 0 Å². The lowest BCUT2D eigenvalue weighted by Crippen LogP contribution is -1.99. The van der Waals surface area contributed by atoms with Gasteiger partial charge in [-0.3, -0.25) is 0 Å². The average molecular weight is 270 g/mol. The van der Waals surface area contributed by atoms with Gasteiger partial charge in [0.1, 0.15) is 0 Å². The van der Waals surface area contributed by atoms with Crippen LogP contribution >= 0.6 is 12.4 Å². The molecule has 0 bridgehead atoms. The number of halogens is 1. The van der Waals surface area contributed by atoms with Crippen LogP contribution in [0.1, 0.15) is 38.2 Å². The highest BCUT2D eigenvalue weighted by atomic mass is 35.5. The highest BCUT2D eigenvalue weighted by Crippen LogP contribution is 2.04. The number of benzene rings is 1. The van der Waals surface area contributed by atoms with Gasteiger partial charge in [-0.15, -0.1) is 12.4 Å². The summed E-state index contributed by atoms with van der Waals surface area (Å²) in [6.45, 7) is 2.24. The molecule has 0 spiro atoms. The fourth-order valence-corrected chi connectivity index (χ4v) is 1.30. The Bertz CT molecular complexity index is 278. The van der Waals surface area contributed by atoms with Crippen molar-refractivity contribution in [3.8, 4) is 0 Å². The van der Waals surface area contributed by atoms with Gasteiger partial charge in [-0.1, -0.05) is 62.2 Å². The molecule has 2 heteroatoms. The molecule has 0 fully saturated rings. The van der Waals surface area contributed by atoms with Crippen molar-refractivity contribution < 1.29 is 0 Å². The van der Waals surface area contributed by atoms with Crippen LogP contribution in [0.2, 0.25) is 0 Å². The van der Waals surface area contributed by atoms with Gasteiger partial charge in [0.05, 0.1) is 0 Å². The molecular weight excluding hydrogens is 242 g/mol. The molecule has 0 aromatic heterocycles. The summed E-state index contributed by atoms with van der Waals surface area (Å²) in [6.07, 6.45) is 9.65. The highest BCUT2D eigenvalue weighted by molar-refractivity contribution is 5.85. The van der Waals surface area contributed by atoms with E-state index in [2.05, 4.69) is 49.4 Å². The molecule has 0 aliphatic heterocycles. The van der Waals surface area contributed by atoms with Crippen molar-refractivity contribution in [3.63, 3.8) is 0 Å². The van der Waals surface area contributed by atoms with Crippen molar-refractivity contribution in [2.45, 2.75) is 32.6 Å². The largest absolute Gasteiger partial charge is 0.312 e. The Morgan fingerprint density at radius 2 is 1.56 bits per heavy atom. The van der Waals surface area contributed by atoms with E-state index in [-0.39, 0.29) is 12.4 Å². The number of allylic oxidation sites excluding steroid dienone is 1. The third-order valence-corrected chi connectivity index (χ3v) is 2.08. The third-order valence-electron chi connectivity index (χ3n) is 2.08. The minimum Gasteiger partial charge on any atom is -0.312 e. The number of nitrogens with zero attached hydrogens (tertiary/aromatic N) is 1. The molecule has 0 saturated heterocycles. The Hall–Kier alpha value is -0.790. The van der Waals surface area contributed by atoms with Gasteiger partial charge in [-0.25, -0.2) is 0 Å². The molecule has 0 atom stereocenters. The summed E-state index contributed by atoms with van der Waals surface area (Å²) in [4.78, 5) is 2.00. The van der Waals surface area contributed by atoms with Crippen LogP contribution in [-0.2, 0) is 0 Å². The molecule has 0 saturated carbocycles. The molecule has 0 aliphatic rings. The summed E-state index contributed by atoms with van der Waals surface area (Å²) < 4.78 is 0. The van der Waals surface area contributed by atoms with Crippen molar-refractivity contribution >= 4 is 18.5 Å². The Kier molecular flexibility index (Phi) is 15.5. The minimum atomic E-state index is 0. The zero-order chi connectivity index (χ0) is 12.9. The van der Waals surface area contributed by atoms with E-state index in [1.165, 1.54) is 31.2 Å². The molecule has 1 aromatic carbocycles. The second-order valence-electron chi connectivity index (χ2n) is 4.65. The fourth-order valence-electron chi connectivity index (χ4n) is 1.30. The summed E-state index contributed by atoms with van der Waals surface area (Å²) in [6, 6.07) is 10.5. The maximum atomic E-state index is 2.27. The Morgan fingerprint density at radius 3 is 2.06 bits per heavy atom. The second-order valence-corrected chi connectivity index (χ2v) is 4.65. The van der Waals surface area contributed by atoms with E-state index < -0.39 is 0 Å². The van der Waals surface area contributed by atoms with Crippen LogP contribution in [0.15, 0.2) is 36.4 Å². The molecule has 0 amide bonds. The Labute approximate surface area is 119 Å². The summed E-state index contributed by atoms with van der Waals surface area (Å²) in [7, 11) is 6.00. The van der Waals surface area contributed by atoms with Crippen molar-refractivity contribution in [2.75, 3.05) is 21.1 Å². The van der Waals surface area contributed by atoms with E-state index in [4.69, 9.17) is 0 Å². The zero-order valence-corrected chi connectivity index (χ0v) is 13.0. The van der Waals surface area contributed by atoms with Crippen LogP contribution in [0.5, 0.6) is 0 Å². The van der Waals surface area contributed by atoms with Crippen molar-refractivity contribution in [1.82, 2.24) is 4.90 Å². The van der Waals surface area contributed by atoms with Crippen LogP contribution in [-0.4, -0.2) is 26.0 Å². The SMILES string of the molecule is CCCCCC=Cc1ccccc1.CN(C)C.Cl. The molecule has 18 heavy (non-hydrogen) atoms. The van der Waals surface area contributed by atoms with E-state index in [1.54, 1.807) is 0 Å². The van der Waals surface area contributed by atoms with Gasteiger partial charge in [0.2, 0.25) is 0 Å². The standard InChI is InChI=1S/C13H18.C3H9N.ClH/c1-2-3-4-5-7-10-13-11-8-6-9-12-13;1-4(2)3;/h6-12H,2-5H2,1H3;1-3H3;1H. The number of rotatable bonds is 5. The van der Waals surface area contributed by atoms with Gasteiger partial charge in [0.25, 0.3) is 0 Å². The van der Waals surface area contributed by atoms with Crippen LogP contribution in [0, 0.1) is 0 Å². The molecular formula is C16H28ClN. The molecule has 0 N–H and O–H groups in total. The van der Waals surface area contributed by atoms with Crippen molar-refractivity contribution in [3.05, 3.63) is 42.0 Å². The molecule has 1 rings (SSSR count). The first-order valence-corrected chi connectivity index (χ1v) is 6.49. The lowest BCUT2D eigenvalue weighted by molar-refractivity contribution is 0.505. The maximum Gasteiger partial charge on any atom is -0.0140 e. The van der Waals surface area contributed by atoms with Crippen LogP contribution in [0.4, 0.5) is 0 Å². The molecule has 0 radical (unpaired) electrons. The Morgan fingerprint density at radius 1 is 1.00 bits per heavy atom. The number of unbranched alkanes of at least 4 members (excludes halogenated alkanes) is 3. The van der Waals surface area contributed by atoms with E-state index in [9.17, 15) is 0 Å². The highest BCUT2D eigenvalue weighted by Gasteiger charge is 1.83. The first-order chi connectivity index (χ1) is 8.16. The van der Waals surface area contributed by atoms with Gasteiger partial charge in [0.15, 0.2) is 0 Å². The van der Waals surface area contributed by atoms with Gasteiger partial charge >= 0.3 is 0 Å². The summed E-state index contributed by atoms with van der Waals surface area (Å²) in [5.74, 6) is 0. The quantitative estimate of drug-likeness (QED) is 0.689. The molecule has 0 aliphatic carbocycles.